The highest BCUT2D eigenvalue weighted by atomic mass is 16.5. The first kappa shape index (κ1) is 24.6. The van der Waals surface area contributed by atoms with Crippen LogP contribution in [0.2, 0.25) is 0 Å². The number of amides is 3. The van der Waals surface area contributed by atoms with Crippen molar-refractivity contribution in [1.82, 2.24) is 16.0 Å². The molecule has 0 radical (unpaired) electrons. The number of carbonyl (C=O) groups is 2. The Kier molecular flexibility index (Phi) is 8.37. The number of methoxy groups -OCH3 is 1. The van der Waals surface area contributed by atoms with Gasteiger partial charge in [-0.3, -0.25) is 4.79 Å². The Labute approximate surface area is 197 Å². The van der Waals surface area contributed by atoms with Gasteiger partial charge in [0.2, 0.25) is 5.91 Å². The molecule has 1 aliphatic carbocycles. The SMILES string of the molecule is COc1ccc(CNC(=O)NC2CCC(C(=O)NCC(C)(C)c3ccccc3C)CC2)cc1. The summed E-state index contributed by atoms with van der Waals surface area (Å²) in [6.07, 6.45) is 3.21. The third-order valence-electron chi connectivity index (χ3n) is 6.62. The highest BCUT2D eigenvalue weighted by molar-refractivity contribution is 5.79. The lowest BCUT2D eigenvalue weighted by molar-refractivity contribution is -0.126. The molecule has 1 aliphatic rings. The van der Waals surface area contributed by atoms with E-state index in [9.17, 15) is 9.59 Å². The van der Waals surface area contributed by atoms with Crippen LogP contribution in [0.25, 0.3) is 0 Å². The molecule has 2 aromatic carbocycles. The first-order chi connectivity index (χ1) is 15.8. The van der Waals surface area contributed by atoms with Gasteiger partial charge in [-0.2, -0.15) is 0 Å². The first-order valence-electron chi connectivity index (χ1n) is 11.8. The molecule has 6 heteroatoms. The molecule has 0 unspecified atom stereocenters. The number of urea groups is 1. The topological polar surface area (TPSA) is 79.5 Å². The molecule has 3 rings (SSSR count). The lowest BCUT2D eigenvalue weighted by Crippen LogP contribution is -2.45. The Morgan fingerprint density at radius 1 is 0.970 bits per heavy atom. The van der Waals surface area contributed by atoms with E-state index in [2.05, 4.69) is 48.9 Å². The molecular weight excluding hydrogens is 414 g/mol. The average molecular weight is 452 g/mol. The highest BCUT2D eigenvalue weighted by Gasteiger charge is 2.29. The van der Waals surface area contributed by atoms with E-state index in [0.29, 0.717) is 13.1 Å². The van der Waals surface area contributed by atoms with Gasteiger partial charge >= 0.3 is 6.03 Å². The molecule has 0 aromatic heterocycles. The lowest BCUT2D eigenvalue weighted by atomic mass is 9.81. The molecule has 0 aliphatic heterocycles. The van der Waals surface area contributed by atoms with Gasteiger partial charge in [0.15, 0.2) is 0 Å². The summed E-state index contributed by atoms with van der Waals surface area (Å²) in [5.74, 6) is 0.930. The number of aryl methyl sites for hydroxylation is 1. The average Bonchev–Trinajstić information content (AvgIpc) is 2.82. The number of benzene rings is 2. The van der Waals surface area contributed by atoms with Gasteiger partial charge in [-0.1, -0.05) is 50.2 Å². The van der Waals surface area contributed by atoms with Crippen molar-refractivity contribution >= 4 is 11.9 Å². The van der Waals surface area contributed by atoms with Gasteiger partial charge in [0.05, 0.1) is 7.11 Å². The fraction of sp³-hybridized carbons (Fsp3) is 0.481. The Hall–Kier alpha value is -3.02. The molecule has 1 saturated carbocycles. The van der Waals surface area contributed by atoms with Crippen molar-refractivity contribution in [2.75, 3.05) is 13.7 Å². The Morgan fingerprint density at radius 2 is 1.64 bits per heavy atom. The standard InChI is InChI=1S/C27H37N3O3/c1-19-7-5-6-8-24(19)27(2,3)18-29-25(31)21-11-13-22(14-12-21)30-26(32)28-17-20-9-15-23(33-4)16-10-20/h5-10,15-16,21-22H,11-14,17-18H2,1-4H3,(H,29,31)(H2,28,30,32). The lowest BCUT2D eigenvalue weighted by Gasteiger charge is -2.31. The predicted octanol–water partition coefficient (Wildman–Crippen LogP) is 4.46. The summed E-state index contributed by atoms with van der Waals surface area (Å²) in [5, 5.41) is 9.13. The zero-order valence-corrected chi connectivity index (χ0v) is 20.2. The van der Waals surface area contributed by atoms with E-state index in [1.807, 2.05) is 36.4 Å². The molecular formula is C27H37N3O3. The van der Waals surface area contributed by atoms with E-state index < -0.39 is 0 Å². The zero-order chi connectivity index (χ0) is 23.8. The van der Waals surface area contributed by atoms with Crippen molar-refractivity contribution in [2.24, 2.45) is 5.92 Å². The molecule has 178 valence electrons. The van der Waals surface area contributed by atoms with E-state index in [0.717, 1.165) is 37.0 Å². The minimum atomic E-state index is -0.168. The summed E-state index contributed by atoms with van der Waals surface area (Å²) in [5.41, 5.74) is 3.40. The number of carbonyl (C=O) groups excluding carboxylic acids is 2. The van der Waals surface area contributed by atoms with Crippen molar-refractivity contribution in [3.8, 4) is 5.75 Å². The second-order valence-corrected chi connectivity index (χ2v) is 9.64. The van der Waals surface area contributed by atoms with Crippen molar-refractivity contribution in [3.05, 3.63) is 65.2 Å². The van der Waals surface area contributed by atoms with Crippen LogP contribution in [-0.4, -0.2) is 31.6 Å². The first-order valence-corrected chi connectivity index (χ1v) is 11.8. The van der Waals surface area contributed by atoms with Gasteiger partial charge in [0, 0.05) is 30.5 Å². The van der Waals surface area contributed by atoms with Gasteiger partial charge in [-0.15, -0.1) is 0 Å². The Bertz CT molecular complexity index is 932. The molecule has 0 atom stereocenters. The number of hydrogen-bond donors (Lipinski definition) is 3. The van der Waals surface area contributed by atoms with Crippen LogP contribution in [0.4, 0.5) is 4.79 Å². The molecule has 6 nitrogen and oxygen atoms in total. The molecule has 3 N–H and O–H groups in total. The molecule has 2 aromatic rings. The van der Waals surface area contributed by atoms with Crippen LogP contribution >= 0.6 is 0 Å². The zero-order valence-electron chi connectivity index (χ0n) is 20.2. The second kappa shape index (κ2) is 11.2. The van der Waals surface area contributed by atoms with Gasteiger partial charge < -0.3 is 20.7 Å². The number of ether oxygens (including phenoxy) is 1. The van der Waals surface area contributed by atoms with Crippen molar-refractivity contribution in [1.29, 1.82) is 0 Å². The van der Waals surface area contributed by atoms with E-state index in [1.54, 1.807) is 7.11 Å². The maximum Gasteiger partial charge on any atom is 0.315 e. The minimum Gasteiger partial charge on any atom is -0.497 e. The predicted molar refractivity (Wildman–Crippen MR) is 131 cm³/mol. The normalized spacial score (nSPS) is 18.3. The van der Waals surface area contributed by atoms with Gasteiger partial charge in [0.1, 0.15) is 5.75 Å². The second-order valence-electron chi connectivity index (χ2n) is 9.64. The number of hydrogen-bond acceptors (Lipinski definition) is 3. The van der Waals surface area contributed by atoms with Crippen LogP contribution in [0.1, 0.15) is 56.2 Å². The van der Waals surface area contributed by atoms with E-state index in [4.69, 9.17) is 4.74 Å². The summed E-state index contributed by atoms with van der Waals surface area (Å²) in [4.78, 5) is 25.0. The molecule has 0 bridgehead atoms. The highest BCUT2D eigenvalue weighted by Crippen LogP contribution is 2.27. The van der Waals surface area contributed by atoms with Crippen molar-refractivity contribution in [2.45, 2.75) is 64.5 Å². The summed E-state index contributed by atoms with van der Waals surface area (Å²) in [6, 6.07) is 15.9. The summed E-state index contributed by atoms with van der Waals surface area (Å²) < 4.78 is 5.15. The summed E-state index contributed by atoms with van der Waals surface area (Å²) in [6.45, 7) is 7.52. The summed E-state index contributed by atoms with van der Waals surface area (Å²) >= 11 is 0. The van der Waals surface area contributed by atoms with E-state index in [-0.39, 0.29) is 29.3 Å². The van der Waals surface area contributed by atoms with Gasteiger partial charge in [-0.05, 0) is 61.4 Å². The third kappa shape index (κ3) is 6.98. The molecule has 3 amide bonds. The van der Waals surface area contributed by atoms with Crippen molar-refractivity contribution < 1.29 is 14.3 Å². The van der Waals surface area contributed by atoms with Crippen LogP contribution in [0.5, 0.6) is 5.75 Å². The van der Waals surface area contributed by atoms with Crippen LogP contribution in [0.15, 0.2) is 48.5 Å². The van der Waals surface area contributed by atoms with Crippen LogP contribution in [0.3, 0.4) is 0 Å². The molecule has 0 saturated heterocycles. The Morgan fingerprint density at radius 3 is 2.27 bits per heavy atom. The summed E-state index contributed by atoms with van der Waals surface area (Å²) in [7, 11) is 1.63. The maximum absolute atomic E-state index is 12.8. The smallest absolute Gasteiger partial charge is 0.315 e. The molecule has 33 heavy (non-hydrogen) atoms. The van der Waals surface area contributed by atoms with Gasteiger partial charge in [-0.25, -0.2) is 4.79 Å². The third-order valence-corrected chi connectivity index (χ3v) is 6.62. The van der Waals surface area contributed by atoms with Crippen molar-refractivity contribution in [3.63, 3.8) is 0 Å². The molecule has 0 heterocycles. The van der Waals surface area contributed by atoms with E-state index in [1.165, 1.54) is 11.1 Å². The maximum atomic E-state index is 12.8. The molecule has 0 spiro atoms. The largest absolute Gasteiger partial charge is 0.497 e. The monoisotopic (exact) mass is 451 g/mol. The van der Waals surface area contributed by atoms with Crippen LogP contribution in [-0.2, 0) is 16.8 Å². The van der Waals surface area contributed by atoms with Gasteiger partial charge in [0.25, 0.3) is 0 Å². The van der Waals surface area contributed by atoms with E-state index >= 15 is 0 Å². The van der Waals surface area contributed by atoms with Crippen LogP contribution in [0, 0.1) is 12.8 Å². The minimum absolute atomic E-state index is 0.0121. The Balaban J connectivity index is 1.38. The quantitative estimate of drug-likeness (QED) is 0.555. The fourth-order valence-electron chi connectivity index (χ4n) is 4.54. The molecule has 1 fully saturated rings. The number of nitrogens with one attached hydrogen (secondary N) is 3. The van der Waals surface area contributed by atoms with Crippen LogP contribution < -0.4 is 20.7 Å². The fourth-order valence-corrected chi connectivity index (χ4v) is 4.54. The number of rotatable bonds is 8.